The van der Waals surface area contributed by atoms with Crippen LogP contribution < -0.4 is 0 Å². The van der Waals surface area contributed by atoms with Gasteiger partial charge in [0.05, 0.1) is 0 Å². The summed E-state index contributed by atoms with van der Waals surface area (Å²) in [5.74, 6) is 0.566. The fourth-order valence-electron chi connectivity index (χ4n) is 1.95. The molecule has 0 saturated heterocycles. The topological polar surface area (TPSA) is 17.1 Å². The number of benzene rings is 1. The fourth-order valence-corrected chi connectivity index (χ4v) is 1.95. The molecule has 1 heteroatoms. The molecule has 1 aliphatic rings. The van der Waals surface area contributed by atoms with Gasteiger partial charge in [-0.15, -0.1) is 0 Å². The molecule has 1 aromatic rings. The van der Waals surface area contributed by atoms with Crippen molar-refractivity contribution in [2.45, 2.75) is 25.7 Å². The summed E-state index contributed by atoms with van der Waals surface area (Å²) in [5, 5.41) is 0. The van der Waals surface area contributed by atoms with Crippen molar-refractivity contribution in [1.82, 2.24) is 0 Å². The summed E-state index contributed by atoms with van der Waals surface area (Å²) in [5.41, 5.74) is 0.759. The molecule has 0 bridgehead atoms. The number of hydrogen-bond acceptors (Lipinski definition) is 1. The van der Waals surface area contributed by atoms with E-state index in [0.29, 0.717) is 0 Å². The van der Waals surface area contributed by atoms with E-state index in [0.717, 1.165) is 18.4 Å². The predicted octanol–water partition coefficient (Wildman–Crippen LogP) is 2.86. The highest BCUT2D eigenvalue weighted by Crippen LogP contribution is 2.27. The second kappa shape index (κ2) is 3.73. The third-order valence-corrected chi connectivity index (χ3v) is 2.70. The third-order valence-electron chi connectivity index (χ3n) is 2.70. The Bertz CT molecular complexity index is 283. The van der Waals surface area contributed by atoms with Crippen LogP contribution in [0.4, 0.5) is 0 Å². The number of Topliss-reactive ketones (excluding diaryl/α,β-unsaturated/α-hetero) is 1. The summed E-state index contributed by atoms with van der Waals surface area (Å²) in [6, 6.07) is 10.5. The standard InChI is InChI=1S/C12H13O/c13-12(11-8-4-5-9-11)10-6-2-1-3-7-10/h1-3,6,11H,4-5,8-9H2. The largest absolute Gasteiger partial charge is 0.294 e. The van der Waals surface area contributed by atoms with Crippen molar-refractivity contribution in [2.75, 3.05) is 0 Å². The van der Waals surface area contributed by atoms with Crippen molar-refractivity contribution in [3.05, 3.63) is 35.9 Å². The van der Waals surface area contributed by atoms with E-state index in [1.807, 2.05) is 24.3 Å². The lowest BCUT2D eigenvalue weighted by Gasteiger charge is -2.06. The van der Waals surface area contributed by atoms with Gasteiger partial charge in [-0.1, -0.05) is 37.1 Å². The van der Waals surface area contributed by atoms with Crippen molar-refractivity contribution < 1.29 is 4.79 Å². The molecule has 0 spiro atoms. The first-order chi connectivity index (χ1) is 6.38. The lowest BCUT2D eigenvalue weighted by Crippen LogP contribution is -2.10. The molecule has 1 aliphatic carbocycles. The highest BCUT2D eigenvalue weighted by atomic mass is 16.1. The van der Waals surface area contributed by atoms with Crippen molar-refractivity contribution in [1.29, 1.82) is 0 Å². The molecule has 1 aromatic carbocycles. The van der Waals surface area contributed by atoms with Crippen LogP contribution in [0.3, 0.4) is 0 Å². The first-order valence-electron chi connectivity index (χ1n) is 4.89. The Labute approximate surface area is 78.8 Å². The normalized spacial score (nSPS) is 17.5. The molecule has 1 nitrogen and oxygen atoms in total. The third kappa shape index (κ3) is 1.80. The number of ketones is 1. The molecule has 0 heterocycles. The SMILES string of the molecule is O=C(c1[c]cccc1)C1CCCC1. The summed E-state index contributed by atoms with van der Waals surface area (Å²) in [6.45, 7) is 0. The Morgan fingerprint density at radius 1 is 1.31 bits per heavy atom. The molecular formula is C12H13O. The minimum absolute atomic E-state index is 0.277. The molecule has 0 amide bonds. The van der Waals surface area contributed by atoms with Crippen LogP contribution >= 0.6 is 0 Å². The number of rotatable bonds is 2. The molecule has 0 aromatic heterocycles. The maximum atomic E-state index is 11.8. The lowest BCUT2D eigenvalue weighted by molar-refractivity contribution is 0.0922. The van der Waals surface area contributed by atoms with Gasteiger partial charge in [-0.2, -0.15) is 0 Å². The average molecular weight is 173 g/mol. The molecule has 1 radical (unpaired) electrons. The Kier molecular flexibility index (Phi) is 2.44. The van der Waals surface area contributed by atoms with E-state index in [2.05, 4.69) is 6.07 Å². The second-order valence-corrected chi connectivity index (χ2v) is 3.62. The first-order valence-corrected chi connectivity index (χ1v) is 4.89. The van der Waals surface area contributed by atoms with Gasteiger partial charge in [-0.25, -0.2) is 0 Å². The minimum atomic E-state index is 0.277. The van der Waals surface area contributed by atoms with E-state index in [4.69, 9.17) is 0 Å². The van der Waals surface area contributed by atoms with E-state index >= 15 is 0 Å². The van der Waals surface area contributed by atoms with Crippen molar-refractivity contribution in [3.8, 4) is 0 Å². The van der Waals surface area contributed by atoms with E-state index in [-0.39, 0.29) is 11.7 Å². The lowest BCUT2D eigenvalue weighted by atomic mass is 9.96. The number of carbonyl (C=O) groups excluding carboxylic acids is 1. The quantitative estimate of drug-likeness (QED) is 0.628. The fraction of sp³-hybridized carbons (Fsp3) is 0.417. The van der Waals surface area contributed by atoms with Crippen LogP contribution in [0.25, 0.3) is 0 Å². The number of carbonyl (C=O) groups is 1. The highest BCUT2D eigenvalue weighted by molar-refractivity contribution is 5.97. The molecule has 0 aliphatic heterocycles. The molecule has 1 fully saturated rings. The molecular weight excluding hydrogens is 160 g/mol. The van der Waals surface area contributed by atoms with Crippen LogP contribution in [0.1, 0.15) is 36.0 Å². The summed E-state index contributed by atoms with van der Waals surface area (Å²) < 4.78 is 0. The molecule has 0 N–H and O–H groups in total. The average Bonchev–Trinajstić information content (AvgIpc) is 2.71. The van der Waals surface area contributed by atoms with Crippen LogP contribution in [0, 0.1) is 12.0 Å². The Hall–Kier alpha value is -1.11. The molecule has 2 rings (SSSR count). The van der Waals surface area contributed by atoms with Crippen LogP contribution in [0.5, 0.6) is 0 Å². The molecule has 0 unspecified atom stereocenters. The van der Waals surface area contributed by atoms with Crippen LogP contribution in [0.2, 0.25) is 0 Å². The van der Waals surface area contributed by atoms with Gasteiger partial charge in [0.1, 0.15) is 0 Å². The zero-order valence-corrected chi connectivity index (χ0v) is 7.62. The van der Waals surface area contributed by atoms with Crippen molar-refractivity contribution in [2.24, 2.45) is 5.92 Å². The molecule has 1 saturated carbocycles. The minimum Gasteiger partial charge on any atom is -0.294 e. The van der Waals surface area contributed by atoms with Gasteiger partial charge in [-0.3, -0.25) is 4.79 Å². The van der Waals surface area contributed by atoms with Gasteiger partial charge in [0.2, 0.25) is 0 Å². The van der Waals surface area contributed by atoms with E-state index < -0.39 is 0 Å². The summed E-state index contributed by atoms with van der Waals surface area (Å²) >= 11 is 0. The van der Waals surface area contributed by atoms with Gasteiger partial charge < -0.3 is 0 Å². The van der Waals surface area contributed by atoms with Gasteiger partial charge in [0.15, 0.2) is 5.78 Å². The Balaban J connectivity index is 2.13. The van der Waals surface area contributed by atoms with E-state index in [9.17, 15) is 4.79 Å². The van der Waals surface area contributed by atoms with E-state index in [1.54, 1.807) is 0 Å². The van der Waals surface area contributed by atoms with Crippen LogP contribution in [0.15, 0.2) is 24.3 Å². The maximum Gasteiger partial charge on any atom is 0.166 e. The van der Waals surface area contributed by atoms with Crippen LogP contribution in [-0.4, -0.2) is 5.78 Å². The first kappa shape index (κ1) is 8.49. The van der Waals surface area contributed by atoms with Crippen molar-refractivity contribution in [3.63, 3.8) is 0 Å². The maximum absolute atomic E-state index is 11.8. The second-order valence-electron chi connectivity index (χ2n) is 3.62. The predicted molar refractivity (Wildman–Crippen MR) is 51.6 cm³/mol. The molecule has 0 atom stereocenters. The zero-order chi connectivity index (χ0) is 9.10. The van der Waals surface area contributed by atoms with Gasteiger partial charge in [0, 0.05) is 11.5 Å². The summed E-state index contributed by atoms with van der Waals surface area (Å²) in [4.78, 5) is 11.8. The summed E-state index contributed by atoms with van der Waals surface area (Å²) in [7, 11) is 0. The van der Waals surface area contributed by atoms with Gasteiger partial charge in [0.25, 0.3) is 0 Å². The Morgan fingerprint density at radius 3 is 2.69 bits per heavy atom. The van der Waals surface area contributed by atoms with Gasteiger partial charge >= 0.3 is 0 Å². The smallest absolute Gasteiger partial charge is 0.166 e. The Morgan fingerprint density at radius 2 is 2.08 bits per heavy atom. The zero-order valence-electron chi connectivity index (χ0n) is 7.62. The molecule has 67 valence electrons. The summed E-state index contributed by atoms with van der Waals surface area (Å²) in [6.07, 6.45) is 4.57. The van der Waals surface area contributed by atoms with Crippen molar-refractivity contribution >= 4 is 5.78 Å². The monoisotopic (exact) mass is 173 g/mol. The number of hydrogen-bond donors (Lipinski definition) is 0. The van der Waals surface area contributed by atoms with Gasteiger partial charge in [-0.05, 0) is 18.9 Å². The molecule has 13 heavy (non-hydrogen) atoms. The van der Waals surface area contributed by atoms with Crippen LogP contribution in [-0.2, 0) is 0 Å². The van der Waals surface area contributed by atoms with E-state index in [1.165, 1.54) is 12.8 Å². The highest BCUT2D eigenvalue weighted by Gasteiger charge is 2.23.